The van der Waals surface area contributed by atoms with E-state index in [0.717, 1.165) is 0 Å². The van der Waals surface area contributed by atoms with Crippen molar-refractivity contribution in [1.29, 1.82) is 0 Å². The van der Waals surface area contributed by atoms with Gasteiger partial charge in [0.2, 0.25) is 0 Å². The monoisotopic (exact) mass is 1860 g/mol. The van der Waals surface area contributed by atoms with Crippen LogP contribution < -0.4 is 0 Å². The summed E-state index contributed by atoms with van der Waals surface area (Å²) in [6.07, 6.45) is -30.8. The van der Waals surface area contributed by atoms with Crippen LogP contribution in [0.4, 0.5) is 263 Å². The molecule has 0 saturated heterocycles. The minimum atomic E-state index is -8.47. The largest absolute Gasteiger partial charge is 0.477 e. The maximum atomic E-state index is 12.8. The average molecular weight is 1860 g/mol. The van der Waals surface area contributed by atoms with Gasteiger partial charge < -0.3 is 20.4 Å². The van der Waals surface area contributed by atoms with Gasteiger partial charge >= 0.3 is 191 Å². The van der Waals surface area contributed by atoms with Gasteiger partial charge in [-0.1, -0.05) is 0 Å². The Morgan fingerprint density at radius 1 is 0.127 bits per heavy atom. The van der Waals surface area contributed by atoms with Gasteiger partial charge in [-0.3, -0.25) is 0 Å². The molecule has 0 heterocycles. The third-order valence-electron chi connectivity index (χ3n) is 10.4. The molecule has 0 amide bonds. The summed E-state index contributed by atoms with van der Waals surface area (Å²) in [5, 5.41) is 30.3. The van der Waals surface area contributed by atoms with Gasteiger partial charge in [-0.15, -0.1) is 0 Å². The first-order chi connectivity index (χ1) is 41.8. The van der Waals surface area contributed by atoms with E-state index in [-0.39, 0.29) is 39.0 Å². The molecule has 0 unspecified atom stereocenters. The normalized spacial score (nSPS) is 15.8. The summed E-state index contributed by atoms with van der Waals surface area (Å²) in [7, 11) is 0. The number of hydrogen-bond acceptors (Lipinski definition) is 4. The molecule has 0 aliphatic carbocycles. The van der Waals surface area contributed by atoms with Gasteiger partial charge in [-0.25, -0.2) is 19.2 Å². The zero-order chi connectivity index (χ0) is 84.3. The number of carboxylic acids is 4. The molecule has 8 nitrogen and oxygen atoms in total. The van der Waals surface area contributed by atoms with E-state index in [1.165, 1.54) is 0 Å². The van der Waals surface area contributed by atoms with Crippen LogP contribution in [0.2, 0.25) is 0 Å². The molecular weight excluding hydrogens is 1860 g/mol. The standard InChI is InChI=1S/4C8HF15O2.2Rh/c4*9-2(10,1(24)25)3(11,12)4(13,14)5(15,16)6(17,18)7(19,20)8(21,22)23;;/h4*(H,24,25);;. The van der Waals surface area contributed by atoms with Crippen LogP contribution in [0.15, 0.2) is 0 Å². The quantitative estimate of drug-likeness (QED) is 0.0551. The van der Waals surface area contributed by atoms with E-state index < -0.39 is 191 Å². The third kappa shape index (κ3) is 15.2. The number of carbonyl (C=O) groups is 4. The number of carboxylic acid groups (broad SMARTS) is 4. The summed E-state index contributed by atoms with van der Waals surface area (Å²) < 4.78 is 747. The molecule has 0 aliphatic heterocycles. The Morgan fingerprint density at radius 2 is 0.186 bits per heavy atom. The van der Waals surface area contributed by atoms with E-state index in [9.17, 15) is 283 Å². The second-order valence-corrected chi connectivity index (χ2v) is 17.0. The molecule has 0 saturated carbocycles. The van der Waals surface area contributed by atoms with Crippen molar-refractivity contribution >= 4 is 23.9 Å². The van der Waals surface area contributed by atoms with Crippen LogP contribution in [-0.2, 0) is 58.1 Å². The molecule has 618 valence electrons. The predicted octanol–water partition coefficient (Wildman–Crippen LogP) is 17.8. The second-order valence-electron chi connectivity index (χ2n) is 17.0. The molecule has 0 aromatic heterocycles. The summed E-state index contributed by atoms with van der Waals surface area (Å²) in [6.45, 7) is 0. The Hall–Kier alpha value is -5.07. The van der Waals surface area contributed by atoms with Gasteiger partial charge in [0.15, 0.2) is 0 Å². The molecule has 70 heteroatoms. The summed E-state index contributed by atoms with van der Waals surface area (Å²) in [4.78, 5) is 38.9. The molecule has 2 radical (unpaired) electrons. The van der Waals surface area contributed by atoms with Crippen LogP contribution in [-0.4, -0.2) is 211 Å². The number of rotatable bonds is 24. The summed E-state index contributed by atoms with van der Waals surface area (Å²) >= 11 is 0. The fourth-order valence-electron chi connectivity index (χ4n) is 4.40. The fourth-order valence-corrected chi connectivity index (χ4v) is 4.40. The molecular formula is C32H4F60O8Rh2. The van der Waals surface area contributed by atoms with E-state index in [0.29, 0.717) is 0 Å². The van der Waals surface area contributed by atoms with Crippen molar-refractivity contribution in [3.63, 3.8) is 0 Å². The van der Waals surface area contributed by atoms with Gasteiger partial charge in [0.05, 0.1) is 0 Å². The maximum absolute atomic E-state index is 12.8. The van der Waals surface area contributed by atoms with Crippen LogP contribution in [0, 0.1) is 0 Å². The molecule has 0 rings (SSSR count). The van der Waals surface area contributed by atoms with Crippen molar-refractivity contribution in [2.75, 3.05) is 0 Å². The molecule has 0 aromatic carbocycles. The van der Waals surface area contributed by atoms with E-state index in [2.05, 4.69) is 0 Å². The van der Waals surface area contributed by atoms with Crippen LogP contribution in [0.5, 0.6) is 0 Å². The summed E-state index contributed by atoms with van der Waals surface area (Å²) in [5.41, 5.74) is 0. The minimum Gasteiger partial charge on any atom is -0.477 e. The summed E-state index contributed by atoms with van der Waals surface area (Å²) in [6, 6.07) is 0. The molecule has 102 heavy (non-hydrogen) atoms. The first-order valence-corrected chi connectivity index (χ1v) is 20.0. The topological polar surface area (TPSA) is 149 Å². The van der Waals surface area contributed by atoms with E-state index in [1.54, 1.807) is 0 Å². The zero-order valence-electron chi connectivity index (χ0n) is 42.8. The SMILES string of the molecule is O=C(O)C(F)(F)C(F)(F)C(F)(F)C(F)(F)C(F)(F)C(F)(F)C(F)(F)F.O=C(O)C(F)(F)C(F)(F)C(F)(F)C(F)(F)C(F)(F)C(F)(F)C(F)(F)F.O=C(O)C(F)(F)C(F)(F)C(F)(F)C(F)(F)C(F)(F)C(F)(F)C(F)(F)F.O=C(O)C(F)(F)C(F)(F)C(F)(F)C(F)(F)C(F)(F)C(F)(F)C(F)(F)F.[Rh].[Rh]. The number of alkyl halides is 60. The number of hydrogen-bond donors (Lipinski definition) is 4. The van der Waals surface area contributed by atoms with Gasteiger partial charge in [-0.2, -0.15) is 263 Å². The Kier molecular flexibility index (Phi) is 29.9. The van der Waals surface area contributed by atoms with E-state index in [4.69, 9.17) is 20.4 Å². The predicted molar refractivity (Wildman–Crippen MR) is 173 cm³/mol. The zero-order valence-corrected chi connectivity index (χ0v) is 46.0. The Morgan fingerprint density at radius 3 is 0.245 bits per heavy atom. The second kappa shape index (κ2) is 28.2. The van der Waals surface area contributed by atoms with Crippen LogP contribution >= 0.6 is 0 Å². The first-order valence-electron chi connectivity index (χ1n) is 20.0. The number of aliphatic carboxylic acids is 4. The number of halogens is 60. The van der Waals surface area contributed by atoms with Gasteiger partial charge in [-0.05, 0) is 0 Å². The maximum Gasteiger partial charge on any atom is 0.460 e. The Bertz CT molecular complexity index is 2520. The smallest absolute Gasteiger partial charge is 0.460 e. The van der Waals surface area contributed by atoms with Crippen molar-refractivity contribution in [2.24, 2.45) is 0 Å². The first kappa shape index (κ1) is 108. The van der Waals surface area contributed by atoms with Crippen LogP contribution in [0.3, 0.4) is 0 Å². The molecule has 0 aliphatic rings. The van der Waals surface area contributed by atoms with Gasteiger partial charge in [0.1, 0.15) is 0 Å². The summed E-state index contributed by atoms with van der Waals surface area (Å²) in [5.74, 6) is -211. The van der Waals surface area contributed by atoms with Gasteiger partial charge in [0, 0.05) is 39.0 Å². The Labute approximate surface area is 533 Å². The molecule has 0 spiro atoms. The van der Waals surface area contributed by atoms with Crippen molar-refractivity contribution in [3.05, 3.63) is 0 Å². The van der Waals surface area contributed by atoms with Gasteiger partial charge in [0.25, 0.3) is 0 Å². The molecule has 0 atom stereocenters. The molecule has 0 bridgehead atoms. The van der Waals surface area contributed by atoms with E-state index >= 15 is 0 Å². The van der Waals surface area contributed by atoms with Crippen molar-refractivity contribution in [3.8, 4) is 0 Å². The molecule has 0 aromatic rings. The van der Waals surface area contributed by atoms with Crippen molar-refractivity contribution in [1.82, 2.24) is 0 Å². The minimum absolute atomic E-state index is 0. The van der Waals surface area contributed by atoms with Crippen molar-refractivity contribution < 1.29 is 342 Å². The van der Waals surface area contributed by atoms with Crippen LogP contribution in [0.1, 0.15) is 0 Å². The molecule has 4 N–H and O–H groups in total. The van der Waals surface area contributed by atoms with Crippen molar-refractivity contribution in [2.45, 2.75) is 167 Å². The van der Waals surface area contributed by atoms with Crippen LogP contribution in [0.25, 0.3) is 0 Å². The Balaban J connectivity index is -0.000000299. The van der Waals surface area contributed by atoms with E-state index in [1.807, 2.05) is 0 Å². The molecule has 0 fully saturated rings. The average Bonchev–Trinajstić information content (AvgIpc) is 0.719. The third-order valence-corrected chi connectivity index (χ3v) is 10.4. The fraction of sp³-hybridized carbons (Fsp3) is 0.875.